The molecule has 0 aliphatic carbocycles. The first-order chi connectivity index (χ1) is 9.25. The normalized spacial score (nSPS) is 12.9. The predicted octanol–water partition coefficient (Wildman–Crippen LogP) is 6.23. The van der Waals surface area contributed by atoms with E-state index in [-0.39, 0.29) is 0 Å². The summed E-state index contributed by atoms with van der Waals surface area (Å²) in [5.41, 5.74) is 0. The van der Waals surface area contributed by atoms with Crippen molar-refractivity contribution in [2.24, 2.45) is 17.8 Å². The lowest BCUT2D eigenvalue weighted by atomic mass is 10.1. The molecule has 1 nitrogen and oxygen atoms in total. The summed E-state index contributed by atoms with van der Waals surface area (Å²) in [6.45, 7) is 13.7. The standard InChI is InChI=1S/C18H40OSi/c1-16(2)10-7-13-20(19,14-8-11-17(3)4)15-9-12-18(5)6/h16-19H,7-15H2,1-6H3. The molecule has 0 saturated heterocycles. The van der Waals surface area contributed by atoms with Gasteiger partial charge < -0.3 is 4.80 Å². The van der Waals surface area contributed by atoms with Gasteiger partial charge in [-0.3, -0.25) is 0 Å². The molecule has 0 atom stereocenters. The van der Waals surface area contributed by atoms with Gasteiger partial charge in [0.2, 0.25) is 0 Å². The first-order valence-corrected chi connectivity index (χ1v) is 11.5. The van der Waals surface area contributed by atoms with E-state index in [1.807, 2.05) is 0 Å². The molecule has 122 valence electrons. The SMILES string of the molecule is CC(C)CCC[Si](O)(CCCC(C)C)CCCC(C)C. The summed E-state index contributed by atoms with van der Waals surface area (Å²) >= 11 is 0. The van der Waals surface area contributed by atoms with Gasteiger partial charge in [0.15, 0.2) is 8.32 Å². The van der Waals surface area contributed by atoms with Crippen molar-refractivity contribution in [1.82, 2.24) is 0 Å². The summed E-state index contributed by atoms with van der Waals surface area (Å²) in [4.78, 5) is 11.1. The molecule has 0 amide bonds. The number of hydrogen-bond acceptors (Lipinski definition) is 1. The maximum atomic E-state index is 11.1. The average Bonchev–Trinajstić information content (AvgIpc) is 2.27. The number of hydrogen-bond donors (Lipinski definition) is 1. The van der Waals surface area contributed by atoms with Crippen molar-refractivity contribution < 1.29 is 4.80 Å². The summed E-state index contributed by atoms with van der Waals surface area (Å²) in [5, 5.41) is 0. The smallest absolute Gasteiger partial charge is 0.188 e. The van der Waals surface area contributed by atoms with Crippen LogP contribution in [-0.2, 0) is 0 Å². The summed E-state index contributed by atoms with van der Waals surface area (Å²) in [5.74, 6) is 2.33. The quantitative estimate of drug-likeness (QED) is 0.423. The first-order valence-electron chi connectivity index (χ1n) is 8.97. The molecule has 0 bridgehead atoms. The van der Waals surface area contributed by atoms with Crippen molar-refractivity contribution in [3.05, 3.63) is 0 Å². The predicted molar refractivity (Wildman–Crippen MR) is 94.6 cm³/mol. The van der Waals surface area contributed by atoms with Crippen LogP contribution in [-0.4, -0.2) is 13.1 Å². The molecular weight excluding hydrogens is 260 g/mol. The highest BCUT2D eigenvalue weighted by molar-refractivity contribution is 6.72. The molecule has 0 aromatic heterocycles. The third-order valence-corrected chi connectivity index (χ3v) is 8.12. The molecule has 0 aliphatic heterocycles. The minimum Gasteiger partial charge on any atom is -0.432 e. The molecule has 0 fully saturated rings. The lowest BCUT2D eigenvalue weighted by Crippen LogP contribution is -2.34. The molecular formula is C18H40OSi. The lowest BCUT2D eigenvalue weighted by Gasteiger charge is -2.26. The third kappa shape index (κ3) is 12.0. The molecule has 1 N–H and O–H groups in total. The van der Waals surface area contributed by atoms with Crippen LogP contribution in [0.25, 0.3) is 0 Å². The van der Waals surface area contributed by atoms with Crippen LogP contribution >= 0.6 is 0 Å². The summed E-state index contributed by atoms with van der Waals surface area (Å²) in [6, 6.07) is 3.42. The maximum Gasteiger partial charge on any atom is 0.188 e. The van der Waals surface area contributed by atoms with Gasteiger partial charge in [-0.1, -0.05) is 80.1 Å². The second kappa shape index (κ2) is 10.8. The van der Waals surface area contributed by atoms with Crippen LogP contribution in [0.5, 0.6) is 0 Å². The monoisotopic (exact) mass is 300 g/mol. The molecule has 0 aromatic rings. The van der Waals surface area contributed by atoms with Gasteiger partial charge in [0.05, 0.1) is 0 Å². The lowest BCUT2D eigenvalue weighted by molar-refractivity contribution is 0.477. The average molecular weight is 301 g/mol. The van der Waals surface area contributed by atoms with Crippen LogP contribution in [0.2, 0.25) is 18.1 Å². The zero-order valence-corrected chi connectivity index (χ0v) is 16.0. The van der Waals surface area contributed by atoms with Crippen LogP contribution in [0.3, 0.4) is 0 Å². The largest absolute Gasteiger partial charge is 0.432 e. The zero-order valence-electron chi connectivity index (χ0n) is 15.0. The molecule has 0 heterocycles. The van der Waals surface area contributed by atoms with Crippen LogP contribution in [0.15, 0.2) is 0 Å². The Balaban J connectivity index is 4.18. The van der Waals surface area contributed by atoms with Crippen molar-refractivity contribution in [1.29, 1.82) is 0 Å². The Hall–Kier alpha value is 0.177. The third-order valence-electron chi connectivity index (χ3n) is 4.27. The molecule has 0 unspecified atom stereocenters. The van der Waals surface area contributed by atoms with Gasteiger partial charge in [0.25, 0.3) is 0 Å². The van der Waals surface area contributed by atoms with Crippen LogP contribution in [0, 0.1) is 17.8 Å². The van der Waals surface area contributed by atoms with E-state index in [1.54, 1.807) is 0 Å². The van der Waals surface area contributed by atoms with E-state index in [0.29, 0.717) is 0 Å². The van der Waals surface area contributed by atoms with Crippen LogP contribution < -0.4 is 0 Å². The van der Waals surface area contributed by atoms with E-state index in [9.17, 15) is 4.80 Å². The Morgan fingerprint density at radius 2 is 0.850 bits per heavy atom. The number of rotatable bonds is 12. The Kier molecular flexibility index (Phi) is 10.9. The highest BCUT2D eigenvalue weighted by Crippen LogP contribution is 2.28. The Morgan fingerprint density at radius 3 is 1.05 bits per heavy atom. The van der Waals surface area contributed by atoms with Crippen molar-refractivity contribution in [2.45, 2.75) is 98.2 Å². The van der Waals surface area contributed by atoms with Crippen molar-refractivity contribution in [3.8, 4) is 0 Å². The van der Waals surface area contributed by atoms with Gasteiger partial charge >= 0.3 is 0 Å². The van der Waals surface area contributed by atoms with Gasteiger partial charge in [-0.2, -0.15) is 0 Å². The Labute approximate surface area is 129 Å². The van der Waals surface area contributed by atoms with Gasteiger partial charge in [0.1, 0.15) is 0 Å². The molecule has 0 radical (unpaired) electrons. The van der Waals surface area contributed by atoms with E-state index in [4.69, 9.17) is 0 Å². The molecule has 0 aromatic carbocycles. The minimum absolute atomic E-state index is 0.777. The summed E-state index contributed by atoms with van der Waals surface area (Å²) in [7, 11) is -1.95. The molecule has 20 heavy (non-hydrogen) atoms. The van der Waals surface area contributed by atoms with E-state index in [2.05, 4.69) is 41.5 Å². The fourth-order valence-corrected chi connectivity index (χ4v) is 6.23. The molecule has 0 saturated carbocycles. The maximum absolute atomic E-state index is 11.1. The highest BCUT2D eigenvalue weighted by Gasteiger charge is 2.29. The topological polar surface area (TPSA) is 20.2 Å². The summed E-state index contributed by atoms with van der Waals surface area (Å²) in [6.07, 6.45) is 7.56. The van der Waals surface area contributed by atoms with Crippen LogP contribution in [0.1, 0.15) is 80.1 Å². The highest BCUT2D eigenvalue weighted by atomic mass is 28.4. The Morgan fingerprint density at radius 1 is 0.600 bits per heavy atom. The first kappa shape index (κ1) is 20.2. The van der Waals surface area contributed by atoms with Crippen molar-refractivity contribution >= 4 is 8.32 Å². The van der Waals surface area contributed by atoms with E-state index in [0.717, 1.165) is 35.9 Å². The molecule has 0 rings (SSSR count). The van der Waals surface area contributed by atoms with Crippen LogP contribution in [0.4, 0.5) is 0 Å². The van der Waals surface area contributed by atoms with Gasteiger partial charge in [-0.05, 0) is 35.9 Å². The fraction of sp³-hybridized carbons (Fsp3) is 1.00. The second-order valence-electron chi connectivity index (χ2n) is 8.08. The minimum atomic E-state index is -1.95. The summed E-state index contributed by atoms with van der Waals surface area (Å²) < 4.78 is 0. The zero-order chi connectivity index (χ0) is 15.6. The fourth-order valence-electron chi connectivity index (χ4n) is 2.89. The van der Waals surface area contributed by atoms with Crippen molar-refractivity contribution in [3.63, 3.8) is 0 Å². The molecule has 0 spiro atoms. The van der Waals surface area contributed by atoms with Gasteiger partial charge in [-0.25, -0.2) is 0 Å². The molecule has 0 aliphatic rings. The second-order valence-corrected chi connectivity index (χ2v) is 12.0. The van der Waals surface area contributed by atoms with E-state index < -0.39 is 8.32 Å². The van der Waals surface area contributed by atoms with E-state index >= 15 is 0 Å². The molecule has 2 heteroatoms. The van der Waals surface area contributed by atoms with Gasteiger partial charge in [0, 0.05) is 0 Å². The van der Waals surface area contributed by atoms with Gasteiger partial charge in [-0.15, -0.1) is 0 Å². The Bertz CT molecular complexity index is 187. The van der Waals surface area contributed by atoms with Crippen molar-refractivity contribution in [2.75, 3.05) is 0 Å². The van der Waals surface area contributed by atoms with E-state index in [1.165, 1.54) is 38.5 Å².